The summed E-state index contributed by atoms with van der Waals surface area (Å²) in [6.45, 7) is 3.69. The molecule has 0 saturated carbocycles. The molecule has 132 valence electrons. The van der Waals surface area contributed by atoms with Crippen LogP contribution in [0.5, 0.6) is 11.5 Å². The Morgan fingerprint density at radius 1 is 1.04 bits per heavy atom. The zero-order valence-electron chi connectivity index (χ0n) is 14.4. The van der Waals surface area contributed by atoms with E-state index in [0.717, 1.165) is 25.9 Å². The number of nitrogens with zero attached hydrogens (tertiary/aromatic N) is 1. The number of hydrogen-bond acceptors (Lipinski definition) is 5. The van der Waals surface area contributed by atoms with Gasteiger partial charge in [0.05, 0.1) is 13.7 Å². The Morgan fingerprint density at radius 3 is 2.38 bits per heavy atom. The van der Waals surface area contributed by atoms with Crippen LogP contribution in [0.3, 0.4) is 0 Å². The van der Waals surface area contributed by atoms with Gasteiger partial charge in [-0.15, -0.1) is 0 Å². The van der Waals surface area contributed by atoms with E-state index < -0.39 is 5.97 Å². The standard InChI is InChI=1S/C18H25NO5/c1-3-23-16-12-14(8-9-15(16)24-13-17(20)22-2)18(21)19-10-6-4-5-7-11-19/h8-9,12H,3-7,10-11,13H2,1-2H3. The van der Waals surface area contributed by atoms with Gasteiger partial charge in [0.15, 0.2) is 18.1 Å². The molecule has 1 aliphatic rings. The summed E-state index contributed by atoms with van der Waals surface area (Å²) in [7, 11) is 1.30. The van der Waals surface area contributed by atoms with Crippen molar-refractivity contribution in [1.29, 1.82) is 0 Å². The summed E-state index contributed by atoms with van der Waals surface area (Å²) in [5.74, 6) is 0.427. The lowest BCUT2D eigenvalue weighted by atomic mass is 10.1. The van der Waals surface area contributed by atoms with E-state index in [1.165, 1.54) is 20.0 Å². The molecule has 0 radical (unpaired) electrons. The molecule has 1 amide bonds. The van der Waals surface area contributed by atoms with Crippen molar-refractivity contribution >= 4 is 11.9 Å². The SMILES string of the molecule is CCOc1cc(C(=O)N2CCCCCC2)ccc1OCC(=O)OC. The quantitative estimate of drug-likeness (QED) is 0.748. The van der Waals surface area contributed by atoms with Crippen LogP contribution in [0.4, 0.5) is 0 Å². The lowest BCUT2D eigenvalue weighted by molar-refractivity contribution is -0.142. The normalized spacial score (nSPS) is 14.7. The molecule has 1 fully saturated rings. The molecule has 1 aromatic carbocycles. The largest absolute Gasteiger partial charge is 0.490 e. The Kier molecular flexibility index (Phi) is 6.90. The fourth-order valence-electron chi connectivity index (χ4n) is 2.68. The van der Waals surface area contributed by atoms with Crippen LogP contribution in [0.2, 0.25) is 0 Å². The van der Waals surface area contributed by atoms with E-state index in [4.69, 9.17) is 9.47 Å². The summed E-state index contributed by atoms with van der Waals surface area (Å²) in [6, 6.07) is 5.06. The first-order chi connectivity index (χ1) is 11.7. The first kappa shape index (κ1) is 18.1. The summed E-state index contributed by atoms with van der Waals surface area (Å²) in [5, 5.41) is 0. The number of hydrogen-bond donors (Lipinski definition) is 0. The lowest BCUT2D eigenvalue weighted by Crippen LogP contribution is -2.31. The Morgan fingerprint density at radius 2 is 1.75 bits per heavy atom. The van der Waals surface area contributed by atoms with E-state index in [1.807, 2.05) is 11.8 Å². The number of esters is 1. The molecule has 1 saturated heterocycles. The summed E-state index contributed by atoms with van der Waals surface area (Å²) in [6.07, 6.45) is 4.44. The number of methoxy groups -OCH3 is 1. The monoisotopic (exact) mass is 335 g/mol. The van der Waals surface area contributed by atoms with Crippen molar-refractivity contribution < 1.29 is 23.8 Å². The van der Waals surface area contributed by atoms with Crippen LogP contribution in [0.25, 0.3) is 0 Å². The van der Waals surface area contributed by atoms with Gasteiger partial charge in [-0.05, 0) is 38.0 Å². The summed E-state index contributed by atoms with van der Waals surface area (Å²) >= 11 is 0. The van der Waals surface area contributed by atoms with Gasteiger partial charge >= 0.3 is 5.97 Å². The highest BCUT2D eigenvalue weighted by molar-refractivity contribution is 5.95. The fourth-order valence-corrected chi connectivity index (χ4v) is 2.68. The van der Waals surface area contributed by atoms with Crippen LogP contribution in [0, 0.1) is 0 Å². The molecule has 2 rings (SSSR count). The molecule has 6 heteroatoms. The molecule has 1 aromatic rings. The fraction of sp³-hybridized carbons (Fsp3) is 0.556. The van der Waals surface area contributed by atoms with Gasteiger partial charge in [0.1, 0.15) is 0 Å². The third-order valence-electron chi connectivity index (χ3n) is 3.96. The Bertz CT molecular complexity index is 565. The van der Waals surface area contributed by atoms with Gasteiger partial charge in [-0.1, -0.05) is 12.8 Å². The van der Waals surface area contributed by atoms with Crippen LogP contribution in [-0.4, -0.2) is 50.2 Å². The first-order valence-electron chi connectivity index (χ1n) is 8.41. The molecule has 24 heavy (non-hydrogen) atoms. The number of ether oxygens (including phenoxy) is 3. The molecule has 1 heterocycles. The summed E-state index contributed by atoms with van der Waals surface area (Å²) in [5.41, 5.74) is 0.575. The van der Waals surface area contributed by atoms with E-state index >= 15 is 0 Å². The van der Waals surface area contributed by atoms with Gasteiger partial charge in [-0.2, -0.15) is 0 Å². The Hall–Kier alpha value is -2.24. The number of likely N-dealkylation sites (tertiary alicyclic amines) is 1. The highest BCUT2D eigenvalue weighted by Crippen LogP contribution is 2.29. The average molecular weight is 335 g/mol. The van der Waals surface area contributed by atoms with Crippen molar-refractivity contribution in [2.75, 3.05) is 33.4 Å². The minimum Gasteiger partial charge on any atom is -0.490 e. The van der Waals surface area contributed by atoms with E-state index in [-0.39, 0.29) is 12.5 Å². The predicted octanol–water partition coefficient (Wildman–Crippen LogP) is 2.65. The zero-order chi connectivity index (χ0) is 17.4. The predicted molar refractivity (Wildman–Crippen MR) is 89.5 cm³/mol. The zero-order valence-corrected chi connectivity index (χ0v) is 14.4. The van der Waals surface area contributed by atoms with E-state index in [2.05, 4.69) is 4.74 Å². The first-order valence-corrected chi connectivity index (χ1v) is 8.41. The minimum atomic E-state index is -0.470. The molecule has 6 nitrogen and oxygen atoms in total. The van der Waals surface area contributed by atoms with Crippen LogP contribution < -0.4 is 9.47 Å². The van der Waals surface area contributed by atoms with Crippen molar-refractivity contribution in [2.45, 2.75) is 32.6 Å². The number of rotatable bonds is 6. The van der Waals surface area contributed by atoms with E-state index in [9.17, 15) is 9.59 Å². The van der Waals surface area contributed by atoms with Gasteiger partial charge in [0.2, 0.25) is 0 Å². The van der Waals surface area contributed by atoms with Crippen LogP contribution in [-0.2, 0) is 9.53 Å². The molecule has 0 N–H and O–H groups in total. The summed E-state index contributed by atoms with van der Waals surface area (Å²) < 4.78 is 15.5. The van der Waals surface area contributed by atoms with Gasteiger partial charge < -0.3 is 19.1 Å². The highest BCUT2D eigenvalue weighted by Gasteiger charge is 2.19. The van der Waals surface area contributed by atoms with Gasteiger partial charge in [0.25, 0.3) is 5.91 Å². The lowest BCUT2D eigenvalue weighted by Gasteiger charge is -2.21. The number of carbonyl (C=O) groups excluding carboxylic acids is 2. The van der Waals surface area contributed by atoms with Gasteiger partial charge in [-0.3, -0.25) is 4.79 Å². The minimum absolute atomic E-state index is 0.0115. The topological polar surface area (TPSA) is 65.1 Å². The molecular weight excluding hydrogens is 310 g/mol. The van der Waals surface area contributed by atoms with Crippen LogP contribution >= 0.6 is 0 Å². The molecular formula is C18H25NO5. The molecule has 0 spiro atoms. The number of carbonyl (C=O) groups is 2. The Labute approximate surface area is 142 Å². The summed E-state index contributed by atoms with van der Waals surface area (Å²) in [4.78, 5) is 25.8. The maximum Gasteiger partial charge on any atom is 0.343 e. The molecule has 0 aromatic heterocycles. The second kappa shape index (κ2) is 9.15. The van der Waals surface area contributed by atoms with E-state index in [0.29, 0.717) is 23.7 Å². The van der Waals surface area contributed by atoms with E-state index in [1.54, 1.807) is 18.2 Å². The molecule has 0 bridgehead atoms. The average Bonchev–Trinajstić information content (AvgIpc) is 2.89. The number of amides is 1. The smallest absolute Gasteiger partial charge is 0.343 e. The van der Waals surface area contributed by atoms with Crippen molar-refractivity contribution in [3.63, 3.8) is 0 Å². The second-order valence-corrected chi connectivity index (χ2v) is 5.67. The molecule has 0 unspecified atom stereocenters. The van der Waals surface area contributed by atoms with Gasteiger partial charge in [-0.25, -0.2) is 4.79 Å². The molecule has 0 atom stereocenters. The van der Waals surface area contributed by atoms with Crippen molar-refractivity contribution in [3.05, 3.63) is 23.8 Å². The van der Waals surface area contributed by atoms with Gasteiger partial charge in [0, 0.05) is 18.7 Å². The second-order valence-electron chi connectivity index (χ2n) is 5.67. The maximum atomic E-state index is 12.7. The van der Waals surface area contributed by atoms with Crippen molar-refractivity contribution in [1.82, 2.24) is 4.90 Å². The maximum absolute atomic E-state index is 12.7. The molecule has 1 aliphatic heterocycles. The highest BCUT2D eigenvalue weighted by atomic mass is 16.6. The van der Waals surface area contributed by atoms with Crippen LogP contribution in [0.15, 0.2) is 18.2 Å². The van der Waals surface area contributed by atoms with Crippen LogP contribution in [0.1, 0.15) is 43.0 Å². The third kappa shape index (κ3) is 4.88. The molecule has 0 aliphatic carbocycles. The third-order valence-corrected chi connectivity index (χ3v) is 3.96. The van der Waals surface area contributed by atoms with Crippen molar-refractivity contribution in [3.8, 4) is 11.5 Å². The number of benzene rings is 1. The van der Waals surface area contributed by atoms with Crippen molar-refractivity contribution in [2.24, 2.45) is 0 Å². The Balaban J connectivity index is 2.14.